The second-order valence-corrected chi connectivity index (χ2v) is 8.32. The molecule has 1 N–H and O–H groups in total. The van der Waals surface area contributed by atoms with E-state index in [0.717, 1.165) is 58.9 Å². The number of carboxylic acids is 1. The van der Waals surface area contributed by atoms with Crippen LogP contribution in [0.25, 0.3) is 0 Å². The number of rotatable bonds is 6. The number of aliphatic carboxylic acids is 1. The summed E-state index contributed by atoms with van der Waals surface area (Å²) in [7, 11) is 2.04. The van der Waals surface area contributed by atoms with Crippen LogP contribution < -0.4 is 0 Å². The van der Waals surface area contributed by atoms with E-state index in [1.165, 1.54) is 0 Å². The summed E-state index contributed by atoms with van der Waals surface area (Å²) in [5.74, 6) is -0.778. The van der Waals surface area contributed by atoms with Crippen LogP contribution in [0, 0.1) is 5.41 Å². The highest BCUT2D eigenvalue weighted by atomic mass is 16.5. The van der Waals surface area contributed by atoms with Crippen molar-refractivity contribution in [2.45, 2.75) is 20.8 Å². The van der Waals surface area contributed by atoms with Crippen LogP contribution in [0.3, 0.4) is 0 Å². The molecule has 26 heavy (non-hydrogen) atoms. The van der Waals surface area contributed by atoms with Crippen LogP contribution in [-0.2, 0) is 14.3 Å². The Labute approximate surface area is 157 Å². The van der Waals surface area contributed by atoms with Gasteiger partial charge in [-0.25, -0.2) is 0 Å². The first-order chi connectivity index (χ1) is 12.2. The molecule has 0 radical (unpaired) electrons. The smallest absolute Gasteiger partial charge is 0.317 e. The summed E-state index contributed by atoms with van der Waals surface area (Å²) in [4.78, 5) is 30.4. The van der Waals surface area contributed by atoms with E-state index in [4.69, 9.17) is 4.74 Å². The van der Waals surface area contributed by atoms with E-state index in [-0.39, 0.29) is 12.0 Å². The van der Waals surface area contributed by atoms with Crippen LogP contribution in [-0.4, -0.2) is 116 Å². The Kier molecular flexibility index (Phi) is 10.1. The van der Waals surface area contributed by atoms with Crippen molar-refractivity contribution in [2.75, 3.05) is 79.2 Å². The third-order valence-corrected chi connectivity index (χ3v) is 4.44. The molecule has 1 fully saturated rings. The molecule has 0 aromatic rings. The molecule has 1 aliphatic rings. The lowest BCUT2D eigenvalue weighted by Crippen LogP contribution is -2.47. The van der Waals surface area contributed by atoms with E-state index in [9.17, 15) is 14.7 Å². The van der Waals surface area contributed by atoms with Gasteiger partial charge in [0.2, 0.25) is 0 Å². The quantitative estimate of drug-likeness (QED) is 0.658. The zero-order valence-electron chi connectivity index (χ0n) is 16.8. The van der Waals surface area contributed by atoms with Crippen LogP contribution in [0.4, 0.5) is 0 Å². The van der Waals surface area contributed by atoms with Crippen molar-refractivity contribution >= 4 is 12.4 Å². The van der Waals surface area contributed by atoms with Gasteiger partial charge in [0.15, 0.2) is 0 Å². The average Bonchev–Trinajstić information content (AvgIpc) is 2.53. The molecular weight excluding hydrogens is 336 g/mol. The van der Waals surface area contributed by atoms with Gasteiger partial charge >= 0.3 is 5.97 Å². The van der Waals surface area contributed by atoms with E-state index in [1.54, 1.807) is 0 Å². The first-order valence-electron chi connectivity index (χ1n) is 9.32. The third kappa shape index (κ3) is 10.7. The Morgan fingerprint density at radius 1 is 0.962 bits per heavy atom. The topological polar surface area (TPSA) is 76.6 Å². The Hall–Kier alpha value is -1.22. The van der Waals surface area contributed by atoms with Crippen molar-refractivity contribution < 1.29 is 19.4 Å². The van der Waals surface area contributed by atoms with Crippen LogP contribution in [0.2, 0.25) is 0 Å². The monoisotopic (exact) mass is 372 g/mol. The number of carbonyl (C=O) groups excluding carboxylic acids is 1. The average molecular weight is 373 g/mol. The zero-order valence-corrected chi connectivity index (χ0v) is 16.8. The normalized spacial score (nSPS) is 20.9. The number of hydrogen-bond donors (Lipinski definition) is 1. The number of ether oxygens (including phenoxy) is 1. The first kappa shape index (κ1) is 22.8. The van der Waals surface area contributed by atoms with Crippen molar-refractivity contribution in [1.82, 2.24) is 19.6 Å². The number of nitrogens with zero attached hydrogens (tertiary/aromatic N) is 4. The SMILES string of the molecule is CN1CCN(COC=O)CCN(CC(C)(C)C)CCN(CC(=O)O)CC1. The molecule has 0 aromatic carbocycles. The highest BCUT2D eigenvalue weighted by Gasteiger charge is 2.20. The summed E-state index contributed by atoms with van der Waals surface area (Å²) in [6, 6.07) is 0. The van der Waals surface area contributed by atoms with Crippen LogP contribution in [0.5, 0.6) is 0 Å². The Morgan fingerprint density at radius 3 is 2.00 bits per heavy atom. The number of hydrogen-bond acceptors (Lipinski definition) is 7. The predicted molar refractivity (Wildman–Crippen MR) is 101 cm³/mol. The molecule has 0 aliphatic carbocycles. The Balaban J connectivity index is 2.78. The minimum Gasteiger partial charge on any atom is -0.480 e. The van der Waals surface area contributed by atoms with E-state index in [0.29, 0.717) is 13.2 Å². The highest BCUT2D eigenvalue weighted by Crippen LogP contribution is 2.15. The summed E-state index contributed by atoms with van der Waals surface area (Å²) >= 11 is 0. The van der Waals surface area contributed by atoms with Gasteiger partial charge in [0.05, 0.1) is 6.54 Å². The minimum atomic E-state index is -0.778. The molecule has 8 heteroatoms. The molecule has 0 atom stereocenters. The molecule has 1 rings (SSSR count). The standard InChI is InChI=1S/C18H36N4O4/c1-18(2,3)14-21-10-9-20(13-17(24)25)7-5-19(4)6-8-22(12-11-21)15-26-16-23/h16H,5-15H2,1-4H3,(H,24,25). The van der Waals surface area contributed by atoms with Crippen LogP contribution in [0.15, 0.2) is 0 Å². The predicted octanol–water partition coefficient (Wildman–Crippen LogP) is 0.0990. The molecule has 0 saturated carbocycles. The van der Waals surface area contributed by atoms with Gasteiger partial charge in [-0.2, -0.15) is 0 Å². The summed E-state index contributed by atoms with van der Waals surface area (Å²) in [6.07, 6.45) is 0. The third-order valence-electron chi connectivity index (χ3n) is 4.44. The molecule has 0 aromatic heterocycles. The first-order valence-corrected chi connectivity index (χ1v) is 9.32. The summed E-state index contributed by atoms with van der Waals surface area (Å²) < 4.78 is 4.96. The maximum atomic E-state index is 11.2. The molecule has 152 valence electrons. The van der Waals surface area contributed by atoms with Gasteiger partial charge in [0.1, 0.15) is 6.73 Å². The van der Waals surface area contributed by atoms with E-state index in [2.05, 4.69) is 35.5 Å². The van der Waals surface area contributed by atoms with Gasteiger partial charge in [-0.15, -0.1) is 0 Å². The van der Waals surface area contributed by atoms with E-state index >= 15 is 0 Å². The molecule has 0 bridgehead atoms. The number of carboxylic acid groups (broad SMARTS) is 1. The maximum absolute atomic E-state index is 11.2. The van der Waals surface area contributed by atoms with E-state index < -0.39 is 5.97 Å². The fourth-order valence-electron chi connectivity index (χ4n) is 3.08. The molecular formula is C18H36N4O4. The van der Waals surface area contributed by atoms with Gasteiger partial charge in [-0.1, -0.05) is 20.8 Å². The van der Waals surface area contributed by atoms with Gasteiger partial charge < -0.3 is 19.6 Å². The molecule has 1 aliphatic heterocycles. The van der Waals surface area contributed by atoms with Gasteiger partial charge in [-0.3, -0.25) is 19.4 Å². The highest BCUT2D eigenvalue weighted by molar-refractivity contribution is 5.69. The van der Waals surface area contributed by atoms with Crippen molar-refractivity contribution in [2.24, 2.45) is 5.41 Å². The lowest BCUT2D eigenvalue weighted by molar-refractivity contribution is -0.138. The molecule has 0 spiro atoms. The van der Waals surface area contributed by atoms with Crippen molar-refractivity contribution in [3.8, 4) is 0 Å². The van der Waals surface area contributed by atoms with Crippen molar-refractivity contribution in [1.29, 1.82) is 0 Å². The van der Waals surface area contributed by atoms with Gasteiger partial charge in [0, 0.05) is 58.9 Å². The van der Waals surface area contributed by atoms with Gasteiger partial charge in [-0.05, 0) is 12.5 Å². The maximum Gasteiger partial charge on any atom is 0.317 e. The van der Waals surface area contributed by atoms with E-state index in [1.807, 2.05) is 11.9 Å². The molecule has 0 unspecified atom stereocenters. The van der Waals surface area contributed by atoms with Crippen LogP contribution in [0.1, 0.15) is 20.8 Å². The number of likely N-dealkylation sites (N-methyl/N-ethyl adjacent to an activating group) is 1. The fourth-order valence-corrected chi connectivity index (χ4v) is 3.08. The minimum absolute atomic E-state index is 0.0799. The van der Waals surface area contributed by atoms with Crippen molar-refractivity contribution in [3.63, 3.8) is 0 Å². The summed E-state index contributed by atoms with van der Waals surface area (Å²) in [6.45, 7) is 14.9. The molecule has 8 nitrogen and oxygen atoms in total. The fraction of sp³-hybridized carbons (Fsp3) is 0.889. The molecule has 0 amide bonds. The lowest BCUT2D eigenvalue weighted by atomic mass is 9.96. The second kappa shape index (κ2) is 11.5. The Bertz CT molecular complexity index is 428. The van der Waals surface area contributed by atoms with Gasteiger partial charge in [0.25, 0.3) is 6.47 Å². The number of carbonyl (C=O) groups is 2. The molecule has 1 saturated heterocycles. The summed E-state index contributed by atoms with van der Waals surface area (Å²) in [5.41, 5.74) is 0.166. The lowest BCUT2D eigenvalue weighted by Gasteiger charge is -2.35. The largest absolute Gasteiger partial charge is 0.480 e. The Morgan fingerprint density at radius 2 is 1.46 bits per heavy atom. The van der Waals surface area contributed by atoms with Crippen LogP contribution >= 0.6 is 0 Å². The molecule has 1 heterocycles. The zero-order chi connectivity index (χ0) is 19.6. The summed E-state index contributed by atoms with van der Waals surface area (Å²) in [5, 5.41) is 9.17. The van der Waals surface area contributed by atoms with Crippen molar-refractivity contribution in [3.05, 3.63) is 0 Å². The second-order valence-electron chi connectivity index (χ2n) is 8.32.